The number of rotatable bonds is 6. The van der Waals surface area contributed by atoms with Crippen molar-refractivity contribution in [2.24, 2.45) is 27.2 Å². The standard InChI is InChI=1S/C9H22N6/c1-3-15(4-2)7-5-6-13-9(12)14-8(10)11/h3-7H2,1-2H3,(H6,10,11,12,13,14). The molecule has 0 aromatic carbocycles. The van der Waals surface area contributed by atoms with Crippen LogP contribution in [0.3, 0.4) is 0 Å². The van der Waals surface area contributed by atoms with Crippen molar-refractivity contribution in [3.8, 4) is 0 Å². The minimum absolute atomic E-state index is 0.0556. The Bertz CT molecular complexity index is 215. The third kappa shape index (κ3) is 7.75. The summed E-state index contributed by atoms with van der Waals surface area (Å²) < 4.78 is 0. The molecule has 0 aliphatic rings. The van der Waals surface area contributed by atoms with E-state index < -0.39 is 0 Å². The van der Waals surface area contributed by atoms with E-state index in [0.717, 1.165) is 26.1 Å². The Morgan fingerprint density at radius 3 is 2.20 bits per heavy atom. The van der Waals surface area contributed by atoms with Gasteiger partial charge in [-0.2, -0.15) is 4.99 Å². The zero-order valence-electron chi connectivity index (χ0n) is 9.61. The average Bonchev–Trinajstić information content (AvgIpc) is 2.17. The van der Waals surface area contributed by atoms with Gasteiger partial charge in [-0.1, -0.05) is 13.8 Å². The zero-order chi connectivity index (χ0) is 11.7. The lowest BCUT2D eigenvalue weighted by Crippen LogP contribution is -2.27. The molecule has 6 N–H and O–H groups in total. The Labute approximate surface area is 91.2 Å². The van der Waals surface area contributed by atoms with Gasteiger partial charge >= 0.3 is 0 Å². The van der Waals surface area contributed by atoms with Crippen molar-refractivity contribution >= 4 is 11.9 Å². The van der Waals surface area contributed by atoms with E-state index in [1.807, 2.05) is 0 Å². The summed E-state index contributed by atoms with van der Waals surface area (Å²) in [7, 11) is 0. The van der Waals surface area contributed by atoms with Crippen molar-refractivity contribution in [1.82, 2.24) is 4.90 Å². The van der Waals surface area contributed by atoms with Gasteiger partial charge in [-0.3, -0.25) is 4.99 Å². The van der Waals surface area contributed by atoms with Gasteiger partial charge in [0.25, 0.3) is 0 Å². The van der Waals surface area contributed by atoms with Crippen LogP contribution in [-0.4, -0.2) is 43.0 Å². The number of hydrogen-bond donors (Lipinski definition) is 3. The SMILES string of the molecule is CCN(CC)CCCN=C(N)N=C(N)N. The molecule has 0 saturated carbocycles. The second kappa shape index (κ2) is 8.05. The summed E-state index contributed by atoms with van der Waals surface area (Å²) in [6.45, 7) is 8.07. The lowest BCUT2D eigenvalue weighted by molar-refractivity contribution is 0.302. The van der Waals surface area contributed by atoms with E-state index in [2.05, 4.69) is 28.7 Å². The maximum Gasteiger partial charge on any atom is 0.218 e. The van der Waals surface area contributed by atoms with Crippen molar-refractivity contribution in [3.05, 3.63) is 0 Å². The molecule has 0 saturated heterocycles. The van der Waals surface area contributed by atoms with E-state index in [4.69, 9.17) is 17.2 Å². The highest BCUT2D eigenvalue weighted by molar-refractivity contribution is 5.92. The molecule has 0 aliphatic heterocycles. The molecule has 0 rings (SSSR count). The van der Waals surface area contributed by atoms with Gasteiger partial charge in [-0.05, 0) is 26.1 Å². The van der Waals surface area contributed by atoms with Gasteiger partial charge in [0, 0.05) is 6.54 Å². The smallest absolute Gasteiger partial charge is 0.218 e. The van der Waals surface area contributed by atoms with Crippen LogP contribution in [0, 0.1) is 0 Å². The molecule has 0 spiro atoms. The largest absolute Gasteiger partial charge is 0.370 e. The highest BCUT2D eigenvalue weighted by Gasteiger charge is 1.97. The molecule has 6 nitrogen and oxygen atoms in total. The highest BCUT2D eigenvalue weighted by atomic mass is 15.1. The number of guanidine groups is 2. The zero-order valence-corrected chi connectivity index (χ0v) is 9.61. The van der Waals surface area contributed by atoms with Gasteiger partial charge in [-0.25, -0.2) is 0 Å². The molecular weight excluding hydrogens is 192 g/mol. The van der Waals surface area contributed by atoms with Crippen LogP contribution in [0.25, 0.3) is 0 Å². The Morgan fingerprint density at radius 2 is 1.73 bits per heavy atom. The Morgan fingerprint density at radius 1 is 1.13 bits per heavy atom. The lowest BCUT2D eigenvalue weighted by Gasteiger charge is -2.16. The maximum absolute atomic E-state index is 5.45. The topological polar surface area (TPSA) is 106 Å². The van der Waals surface area contributed by atoms with Crippen LogP contribution in [-0.2, 0) is 0 Å². The van der Waals surface area contributed by atoms with E-state index in [1.165, 1.54) is 0 Å². The van der Waals surface area contributed by atoms with Gasteiger partial charge in [0.05, 0.1) is 0 Å². The normalized spacial score (nSPS) is 11.8. The predicted octanol–water partition coefficient (Wildman–Crippen LogP) is -0.694. The van der Waals surface area contributed by atoms with Crippen LogP contribution in [0.4, 0.5) is 0 Å². The van der Waals surface area contributed by atoms with E-state index >= 15 is 0 Å². The van der Waals surface area contributed by atoms with Gasteiger partial charge in [0.1, 0.15) is 0 Å². The number of nitrogens with two attached hydrogens (primary N) is 3. The molecule has 0 fully saturated rings. The van der Waals surface area contributed by atoms with Crippen LogP contribution in [0.1, 0.15) is 20.3 Å². The number of nitrogens with zero attached hydrogens (tertiary/aromatic N) is 3. The molecule has 0 amide bonds. The predicted molar refractivity (Wildman–Crippen MR) is 64.7 cm³/mol. The molecule has 6 heteroatoms. The van der Waals surface area contributed by atoms with E-state index in [1.54, 1.807) is 0 Å². The van der Waals surface area contributed by atoms with E-state index in [0.29, 0.717) is 6.54 Å². The van der Waals surface area contributed by atoms with Gasteiger partial charge in [-0.15, -0.1) is 0 Å². The highest BCUT2D eigenvalue weighted by Crippen LogP contribution is 1.91. The molecule has 0 aliphatic carbocycles. The first-order valence-electron chi connectivity index (χ1n) is 5.22. The van der Waals surface area contributed by atoms with Crippen LogP contribution in [0.2, 0.25) is 0 Å². The molecule has 0 heterocycles. The Balaban J connectivity index is 3.73. The summed E-state index contributed by atoms with van der Waals surface area (Å²) in [5, 5.41) is 0. The van der Waals surface area contributed by atoms with Crippen LogP contribution in [0.15, 0.2) is 9.98 Å². The molecular formula is C9H22N6. The molecule has 0 aromatic rings. The third-order valence-corrected chi connectivity index (χ3v) is 2.04. The van der Waals surface area contributed by atoms with E-state index in [9.17, 15) is 0 Å². The first kappa shape index (κ1) is 13.7. The fraction of sp³-hybridized carbons (Fsp3) is 0.778. The fourth-order valence-electron chi connectivity index (χ4n) is 1.20. The second-order valence-corrected chi connectivity index (χ2v) is 3.16. The number of hydrogen-bond acceptors (Lipinski definition) is 2. The van der Waals surface area contributed by atoms with Crippen molar-refractivity contribution in [1.29, 1.82) is 0 Å². The quantitative estimate of drug-likeness (QED) is 0.309. The summed E-state index contributed by atoms with van der Waals surface area (Å²) in [6.07, 6.45) is 0.961. The summed E-state index contributed by atoms with van der Waals surface area (Å²) in [6, 6.07) is 0. The molecule has 88 valence electrons. The number of aliphatic imine (C=N–C) groups is 2. The van der Waals surface area contributed by atoms with Gasteiger partial charge < -0.3 is 22.1 Å². The Kier molecular flexibility index (Phi) is 7.35. The molecule has 0 bridgehead atoms. The summed E-state index contributed by atoms with van der Waals surface area (Å²) in [4.78, 5) is 9.97. The molecule has 15 heavy (non-hydrogen) atoms. The fourth-order valence-corrected chi connectivity index (χ4v) is 1.20. The van der Waals surface area contributed by atoms with Gasteiger partial charge in [0.15, 0.2) is 5.96 Å². The maximum atomic E-state index is 5.45. The first-order chi connectivity index (χ1) is 7.10. The van der Waals surface area contributed by atoms with Crippen LogP contribution in [0.5, 0.6) is 0 Å². The summed E-state index contributed by atoms with van der Waals surface area (Å²) >= 11 is 0. The second-order valence-electron chi connectivity index (χ2n) is 3.16. The Hall–Kier alpha value is -1.30. The van der Waals surface area contributed by atoms with Crippen molar-refractivity contribution in [3.63, 3.8) is 0 Å². The van der Waals surface area contributed by atoms with Crippen molar-refractivity contribution < 1.29 is 0 Å². The van der Waals surface area contributed by atoms with Crippen molar-refractivity contribution in [2.75, 3.05) is 26.2 Å². The average molecular weight is 214 g/mol. The summed E-state index contributed by atoms with van der Waals surface area (Å²) in [5.74, 6) is 0.0922. The monoisotopic (exact) mass is 214 g/mol. The molecule has 0 aromatic heterocycles. The van der Waals surface area contributed by atoms with Gasteiger partial charge in [0.2, 0.25) is 5.96 Å². The molecule has 0 atom stereocenters. The van der Waals surface area contributed by atoms with Crippen LogP contribution >= 0.6 is 0 Å². The third-order valence-electron chi connectivity index (χ3n) is 2.04. The molecule has 0 unspecified atom stereocenters. The minimum Gasteiger partial charge on any atom is -0.370 e. The summed E-state index contributed by atoms with van der Waals surface area (Å²) in [5.41, 5.74) is 15.7. The van der Waals surface area contributed by atoms with Crippen LogP contribution < -0.4 is 17.2 Å². The first-order valence-corrected chi connectivity index (χ1v) is 5.22. The van der Waals surface area contributed by atoms with Crippen molar-refractivity contribution in [2.45, 2.75) is 20.3 Å². The molecule has 0 radical (unpaired) electrons. The van der Waals surface area contributed by atoms with E-state index in [-0.39, 0.29) is 11.9 Å². The minimum atomic E-state index is -0.0556. The lowest BCUT2D eigenvalue weighted by atomic mass is 10.4.